The van der Waals surface area contributed by atoms with Crippen LogP contribution in [-0.4, -0.2) is 30.7 Å². The first-order valence-corrected chi connectivity index (χ1v) is 6.67. The van der Waals surface area contributed by atoms with Gasteiger partial charge in [0.15, 0.2) is 11.6 Å². The van der Waals surface area contributed by atoms with Gasteiger partial charge >= 0.3 is 0 Å². The molecular formula is C14H17ClN4O. The van der Waals surface area contributed by atoms with Gasteiger partial charge in [0.05, 0.1) is 7.11 Å². The van der Waals surface area contributed by atoms with Crippen LogP contribution < -0.4 is 15.4 Å². The minimum Gasteiger partial charge on any atom is -0.490 e. The molecule has 0 aliphatic heterocycles. The van der Waals surface area contributed by atoms with Gasteiger partial charge in [-0.1, -0.05) is 23.7 Å². The van der Waals surface area contributed by atoms with Crippen LogP contribution in [0.5, 0.6) is 5.75 Å². The molecule has 1 heterocycles. The van der Waals surface area contributed by atoms with Crippen molar-refractivity contribution in [3.05, 3.63) is 41.2 Å². The summed E-state index contributed by atoms with van der Waals surface area (Å²) in [7, 11) is 3.40. The van der Waals surface area contributed by atoms with E-state index < -0.39 is 0 Å². The lowest BCUT2D eigenvalue weighted by Crippen LogP contribution is -2.09. The molecule has 0 amide bonds. The maximum Gasteiger partial charge on any atom is 0.204 e. The first kappa shape index (κ1) is 14.4. The van der Waals surface area contributed by atoms with Gasteiger partial charge in [0.2, 0.25) is 5.75 Å². The SMILES string of the molecule is CNc1ncnc(NCCc2ccc(Cl)cc2)c1OC. The van der Waals surface area contributed by atoms with Crippen LogP contribution in [0.15, 0.2) is 30.6 Å². The summed E-state index contributed by atoms with van der Waals surface area (Å²) < 4.78 is 5.32. The van der Waals surface area contributed by atoms with E-state index in [1.54, 1.807) is 14.2 Å². The Bertz CT molecular complexity index is 560. The van der Waals surface area contributed by atoms with Gasteiger partial charge in [-0.05, 0) is 24.1 Å². The van der Waals surface area contributed by atoms with E-state index in [1.165, 1.54) is 11.9 Å². The fraction of sp³-hybridized carbons (Fsp3) is 0.286. The Morgan fingerprint density at radius 3 is 2.50 bits per heavy atom. The molecule has 0 unspecified atom stereocenters. The molecule has 0 aliphatic rings. The van der Waals surface area contributed by atoms with Crippen LogP contribution in [0.3, 0.4) is 0 Å². The van der Waals surface area contributed by atoms with Crippen molar-refractivity contribution in [2.75, 3.05) is 31.3 Å². The summed E-state index contributed by atoms with van der Waals surface area (Å²) in [6, 6.07) is 7.81. The predicted octanol–water partition coefficient (Wildman–Crippen LogP) is 2.83. The molecule has 6 heteroatoms. The number of methoxy groups -OCH3 is 1. The van der Waals surface area contributed by atoms with E-state index in [4.69, 9.17) is 16.3 Å². The number of rotatable bonds is 6. The van der Waals surface area contributed by atoms with Gasteiger partial charge in [-0.2, -0.15) is 0 Å². The molecule has 1 aromatic carbocycles. The third kappa shape index (κ3) is 3.51. The number of benzene rings is 1. The third-order valence-corrected chi connectivity index (χ3v) is 3.12. The molecule has 2 N–H and O–H groups in total. The van der Waals surface area contributed by atoms with Gasteiger partial charge in [0, 0.05) is 18.6 Å². The lowest BCUT2D eigenvalue weighted by Gasteiger charge is -2.12. The van der Waals surface area contributed by atoms with Gasteiger partial charge in [-0.15, -0.1) is 0 Å². The molecule has 2 rings (SSSR count). The Morgan fingerprint density at radius 1 is 1.15 bits per heavy atom. The largest absolute Gasteiger partial charge is 0.490 e. The summed E-state index contributed by atoms with van der Waals surface area (Å²) >= 11 is 5.86. The normalized spacial score (nSPS) is 10.2. The monoisotopic (exact) mass is 292 g/mol. The molecule has 0 spiro atoms. The second-order valence-electron chi connectivity index (χ2n) is 4.16. The molecule has 5 nitrogen and oxygen atoms in total. The minimum atomic E-state index is 0.617. The second-order valence-corrected chi connectivity index (χ2v) is 4.59. The average molecular weight is 293 g/mol. The van der Waals surface area contributed by atoms with Crippen LogP contribution in [0.25, 0.3) is 0 Å². The van der Waals surface area contributed by atoms with E-state index in [0.717, 1.165) is 18.0 Å². The van der Waals surface area contributed by atoms with Crippen LogP contribution in [0, 0.1) is 0 Å². The summed E-state index contributed by atoms with van der Waals surface area (Å²) in [6.07, 6.45) is 2.37. The van der Waals surface area contributed by atoms with Gasteiger partial charge in [0.25, 0.3) is 0 Å². The lowest BCUT2D eigenvalue weighted by atomic mass is 10.1. The van der Waals surface area contributed by atoms with Crippen LogP contribution in [0.4, 0.5) is 11.6 Å². The summed E-state index contributed by atoms with van der Waals surface area (Å²) in [4.78, 5) is 8.30. The van der Waals surface area contributed by atoms with E-state index in [-0.39, 0.29) is 0 Å². The molecular weight excluding hydrogens is 276 g/mol. The number of hydrogen-bond acceptors (Lipinski definition) is 5. The topological polar surface area (TPSA) is 59.1 Å². The van der Waals surface area contributed by atoms with Crippen LogP contribution in [0.2, 0.25) is 5.02 Å². The van der Waals surface area contributed by atoms with Gasteiger partial charge in [-0.25, -0.2) is 9.97 Å². The van der Waals surface area contributed by atoms with Crippen molar-refractivity contribution in [3.63, 3.8) is 0 Å². The van der Waals surface area contributed by atoms with Gasteiger partial charge < -0.3 is 15.4 Å². The maximum absolute atomic E-state index is 5.86. The third-order valence-electron chi connectivity index (χ3n) is 2.86. The highest BCUT2D eigenvalue weighted by Crippen LogP contribution is 2.28. The van der Waals surface area contributed by atoms with Crippen molar-refractivity contribution < 1.29 is 4.74 Å². The Labute approximate surface area is 123 Å². The second kappa shape index (κ2) is 6.96. The number of nitrogens with one attached hydrogen (secondary N) is 2. The van der Waals surface area contributed by atoms with Crippen molar-refractivity contribution in [2.24, 2.45) is 0 Å². The first-order valence-electron chi connectivity index (χ1n) is 6.29. The Balaban J connectivity index is 1.98. The predicted molar refractivity (Wildman–Crippen MR) is 81.8 cm³/mol. The van der Waals surface area contributed by atoms with Crippen LogP contribution in [-0.2, 0) is 6.42 Å². The molecule has 0 radical (unpaired) electrons. The molecule has 106 valence electrons. The molecule has 20 heavy (non-hydrogen) atoms. The molecule has 0 aliphatic carbocycles. The fourth-order valence-corrected chi connectivity index (χ4v) is 1.97. The van der Waals surface area contributed by atoms with E-state index >= 15 is 0 Å². The summed E-state index contributed by atoms with van der Waals surface area (Å²) in [6.45, 7) is 0.748. The van der Waals surface area contributed by atoms with Crippen molar-refractivity contribution in [1.29, 1.82) is 0 Å². The van der Waals surface area contributed by atoms with E-state index in [0.29, 0.717) is 17.4 Å². The van der Waals surface area contributed by atoms with Crippen LogP contribution >= 0.6 is 11.6 Å². The zero-order chi connectivity index (χ0) is 14.4. The molecule has 0 fully saturated rings. The Hall–Kier alpha value is -2.01. The van der Waals surface area contributed by atoms with Crippen molar-refractivity contribution in [1.82, 2.24) is 9.97 Å². The zero-order valence-electron chi connectivity index (χ0n) is 11.5. The fourth-order valence-electron chi connectivity index (χ4n) is 1.85. The zero-order valence-corrected chi connectivity index (χ0v) is 12.2. The average Bonchev–Trinajstić information content (AvgIpc) is 2.49. The lowest BCUT2D eigenvalue weighted by molar-refractivity contribution is 0.415. The van der Waals surface area contributed by atoms with Crippen molar-refractivity contribution >= 4 is 23.2 Å². The number of ether oxygens (including phenoxy) is 1. The standard InChI is InChI=1S/C14H17ClN4O/c1-16-13-12(20-2)14(19-9-18-13)17-8-7-10-3-5-11(15)6-4-10/h3-6,9H,7-8H2,1-2H3,(H2,16,17,18,19). The number of hydrogen-bond donors (Lipinski definition) is 2. The van der Waals surface area contributed by atoms with Gasteiger partial charge in [0.1, 0.15) is 6.33 Å². The number of halogens is 1. The molecule has 0 atom stereocenters. The van der Waals surface area contributed by atoms with Crippen molar-refractivity contribution in [2.45, 2.75) is 6.42 Å². The molecule has 1 aromatic heterocycles. The van der Waals surface area contributed by atoms with E-state index in [1.807, 2.05) is 24.3 Å². The summed E-state index contributed by atoms with van der Waals surface area (Å²) in [5.41, 5.74) is 1.21. The summed E-state index contributed by atoms with van der Waals surface area (Å²) in [5, 5.41) is 6.97. The van der Waals surface area contributed by atoms with Gasteiger partial charge in [-0.3, -0.25) is 0 Å². The van der Waals surface area contributed by atoms with E-state index in [9.17, 15) is 0 Å². The summed E-state index contributed by atoms with van der Waals surface area (Å²) in [5.74, 6) is 1.96. The Kier molecular flexibility index (Phi) is 5.01. The highest BCUT2D eigenvalue weighted by atomic mass is 35.5. The molecule has 0 saturated carbocycles. The van der Waals surface area contributed by atoms with E-state index in [2.05, 4.69) is 20.6 Å². The number of nitrogens with zero attached hydrogens (tertiary/aromatic N) is 2. The minimum absolute atomic E-state index is 0.617. The molecule has 0 saturated heterocycles. The highest BCUT2D eigenvalue weighted by molar-refractivity contribution is 6.30. The Morgan fingerprint density at radius 2 is 1.85 bits per heavy atom. The quantitative estimate of drug-likeness (QED) is 0.857. The maximum atomic E-state index is 5.86. The first-order chi connectivity index (χ1) is 9.74. The molecule has 0 bridgehead atoms. The van der Waals surface area contributed by atoms with Crippen LogP contribution in [0.1, 0.15) is 5.56 Å². The number of anilines is 2. The van der Waals surface area contributed by atoms with Crippen molar-refractivity contribution in [3.8, 4) is 5.75 Å². The number of aromatic nitrogens is 2. The smallest absolute Gasteiger partial charge is 0.204 e. The highest BCUT2D eigenvalue weighted by Gasteiger charge is 2.10. The molecule has 2 aromatic rings.